The molecule has 1 rings (SSSR count). The van der Waals surface area contributed by atoms with Crippen molar-refractivity contribution in [3.05, 3.63) is 29.8 Å². The van der Waals surface area contributed by atoms with Crippen LogP contribution in [0.15, 0.2) is 24.3 Å². The highest BCUT2D eigenvalue weighted by atomic mass is 16.5. The van der Waals surface area contributed by atoms with Gasteiger partial charge >= 0.3 is 5.97 Å². The van der Waals surface area contributed by atoms with E-state index in [0.29, 0.717) is 17.7 Å². The Balaban J connectivity index is 2.90. The Bertz CT molecular complexity index is 362. The smallest absolute Gasteiger partial charge is 0.344 e. The molecule has 2 N–H and O–H groups in total. The summed E-state index contributed by atoms with van der Waals surface area (Å²) in [7, 11) is 0. The van der Waals surface area contributed by atoms with E-state index in [-0.39, 0.29) is 0 Å². The van der Waals surface area contributed by atoms with Gasteiger partial charge < -0.3 is 14.9 Å². The van der Waals surface area contributed by atoms with Gasteiger partial charge in [0, 0.05) is 5.56 Å². The molecule has 0 radical (unpaired) electrons. The molecule has 0 heterocycles. The molecular formula is C12H16O4. The summed E-state index contributed by atoms with van der Waals surface area (Å²) >= 11 is 0. The lowest BCUT2D eigenvalue weighted by Crippen LogP contribution is -2.23. The van der Waals surface area contributed by atoms with Crippen molar-refractivity contribution in [1.29, 1.82) is 0 Å². The van der Waals surface area contributed by atoms with E-state index in [0.717, 1.165) is 0 Å². The summed E-state index contributed by atoms with van der Waals surface area (Å²) in [6.07, 6.45) is -0.996. The van der Waals surface area contributed by atoms with Crippen molar-refractivity contribution in [2.75, 3.05) is 0 Å². The van der Waals surface area contributed by atoms with Gasteiger partial charge in [-0.05, 0) is 19.4 Å². The summed E-state index contributed by atoms with van der Waals surface area (Å²) in [5, 5.41) is 18.5. The summed E-state index contributed by atoms with van der Waals surface area (Å²) in [6, 6.07) is 6.92. The van der Waals surface area contributed by atoms with Gasteiger partial charge in [0.1, 0.15) is 5.75 Å². The molecule has 0 amide bonds. The second kappa shape index (κ2) is 5.51. The van der Waals surface area contributed by atoms with Gasteiger partial charge in [-0.3, -0.25) is 0 Å². The normalized spacial score (nSPS) is 14.2. The van der Waals surface area contributed by atoms with E-state index in [9.17, 15) is 9.90 Å². The van der Waals surface area contributed by atoms with Crippen LogP contribution < -0.4 is 4.74 Å². The van der Waals surface area contributed by atoms with Gasteiger partial charge in [0.2, 0.25) is 0 Å². The van der Waals surface area contributed by atoms with Crippen LogP contribution in [-0.4, -0.2) is 22.3 Å². The van der Waals surface area contributed by atoms with E-state index < -0.39 is 18.2 Å². The predicted molar refractivity (Wildman–Crippen MR) is 59.4 cm³/mol. The van der Waals surface area contributed by atoms with E-state index in [1.54, 1.807) is 24.3 Å². The number of rotatable bonds is 5. The maximum atomic E-state index is 10.7. The number of hydrogen-bond donors (Lipinski definition) is 2. The highest BCUT2D eigenvalue weighted by molar-refractivity contribution is 5.72. The van der Waals surface area contributed by atoms with Crippen LogP contribution in [0.1, 0.15) is 31.9 Å². The molecule has 1 aromatic rings. The van der Waals surface area contributed by atoms with Crippen LogP contribution in [0, 0.1) is 0 Å². The zero-order valence-corrected chi connectivity index (χ0v) is 9.38. The second-order valence-electron chi connectivity index (χ2n) is 3.56. The van der Waals surface area contributed by atoms with Crippen LogP contribution in [-0.2, 0) is 4.79 Å². The van der Waals surface area contributed by atoms with Crippen LogP contribution in [0.3, 0.4) is 0 Å². The third-order valence-corrected chi connectivity index (χ3v) is 2.32. The molecule has 0 saturated carbocycles. The fourth-order valence-electron chi connectivity index (χ4n) is 1.32. The highest BCUT2D eigenvalue weighted by Crippen LogP contribution is 2.27. The minimum atomic E-state index is -1.03. The fourth-order valence-corrected chi connectivity index (χ4v) is 1.32. The van der Waals surface area contributed by atoms with Crippen LogP contribution in [0.4, 0.5) is 0 Å². The van der Waals surface area contributed by atoms with Gasteiger partial charge in [-0.1, -0.05) is 25.1 Å². The molecule has 2 atom stereocenters. The van der Waals surface area contributed by atoms with E-state index >= 15 is 0 Å². The first-order chi connectivity index (χ1) is 7.56. The molecule has 0 fully saturated rings. The molecule has 88 valence electrons. The minimum absolute atomic E-state index is 0.423. The lowest BCUT2D eigenvalue weighted by atomic mass is 10.1. The van der Waals surface area contributed by atoms with Gasteiger partial charge in [-0.25, -0.2) is 4.79 Å². The van der Waals surface area contributed by atoms with Crippen molar-refractivity contribution in [3.63, 3.8) is 0 Å². The standard InChI is InChI=1S/C12H16O4/c1-3-10(13)9-6-4-5-7-11(9)16-8(2)12(14)15/h4-8,10,13H,3H2,1-2H3,(H,14,15)/t8?,10-/m1/s1. The Labute approximate surface area is 94.5 Å². The number of aliphatic hydroxyl groups is 1. The Kier molecular flexibility index (Phi) is 4.31. The first-order valence-corrected chi connectivity index (χ1v) is 5.22. The van der Waals surface area contributed by atoms with Crippen molar-refractivity contribution in [3.8, 4) is 5.75 Å². The zero-order valence-electron chi connectivity index (χ0n) is 9.38. The SMILES string of the molecule is CC[C@@H](O)c1ccccc1OC(C)C(=O)O. The molecule has 0 aliphatic carbocycles. The monoisotopic (exact) mass is 224 g/mol. The van der Waals surface area contributed by atoms with Gasteiger partial charge in [0.15, 0.2) is 6.10 Å². The van der Waals surface area contributed by atoms with Crippen molar-refractivity contribution in [2.45, 2.75) is 32.5 Å². The van der Waals surface area contributed by atoms with E-state index in [1.165, 1.54) is 6.92 Å². The van der Waals surface area contributed by atoms with Crippen LogP contribution in [0.5, 0.6) is 5.75 Å². The molecule has 1 unspecified atom stereocenters. The maximum absolute atomic E-state index is 10.7. The van der Waals surface area contributed by atoms with Gasteiger partial charge in [0.25, 0.3) is 0 Å². The molecule has 0 aliphatic heterocycles. The number of carboxylic acids is 1. The molecule has 0 aliphatic rings. The number of benzene rings is 1. The molecule has 16 heavy (non-hydrogen) atoms. The van der Waals surface area contributed by atoms with Crippen molar-refractivity contribution in [1.82, 2.24) is 0 Å². The fraction of sp³-hybridized carbons (Fsp3) is 0.417. The van der Waals surface area contributed by atoms with Crippen LogP contribution in [0.2, 0.25) is 0 Å². The van der Waals surface area contributed by atoms with Gasteiger partial charge in [0.05, 0.1) is 6.10 Å². The Hall–Kier alpha value is -1.55. The van der Waals surface area contributed by atoms with Crippen molar-refractivity contribution < 1.29 is 19.7 Å². The first kappa shape index (κ1) is 12.5. The Morgan fingerprint density at radius 2 is 2.06 bits per heavy atom. The maximum Gasteiger partial charge on any atom is 0.344 e. The third kappa shape index (κ3) is 2.97. The molecule has 0 spiro atoms. The van der Waals surface area contributed by atoms with Crippen molar-refractivity contribution >= 4 is 5.97 Å². The quantitative estimate of drug-likeness (QED) is 0.802. The summed E-state index contributed by atoms with van der Waals surface area (Å²) < 4.78 is 5.27. The number of ether oxygens (including phenoxy) is 1. The average Bonchev–Trinajstić information content (AvgIpc) is 2.28. The number of aliphatic carboxylic acids is 1. The number of carboxylic acid groups (broad SMARTS) is 1. The topological polar surface area (TPSA) is 66.8 Å². The Morgan fingerprint density at radius 1 is 1.44 bits per heavy atom. The average molecular weight is 224 g/mol. The van der Waals surface area contributed by atoms with E-state index in [2.05, 4.69) is 0 Å². The molecule has 4 nitrogen and oxygen atoms in total. The first-order valence-electron chi connectivity index (χ1n) is 5.22. The lowest BCUT2D eigenvalue weighted by molar-refractivity contribution is -0.144. The van der Waals surface area contributed by atoms with Crippen LogP contribution in [0.25, 0.3) is 0 Å². The molecule has 1 aromatic carbocycles. The second-order valence-corrected chi connectivity index (χ2v) is 3.56. The molecule has 0 bridgehead atoms. The summed E-state index contributed by atoms with van der Waals surface area (Å²) in [5.74, 6) is -0.604. The number of hydrogen-bond acceptors (Lipinski definition) is 3. The Morgan fingerprint density at radius 3 is 2.62 bits per heavy atom. The highest BCUT2D eigenvalue weighted by Gasteiger charge is 2.17. The summed E-state index contributed by atoms with van der Waals surface area (Å²) in [4.78, 5) is 10.7. The number of aliphatic hydroxyl groups excluding tert-OH is 1. The predicted octanol–water partition coefficient (Wildman–Crippen LogP) is 1.98. The van der Waals surface area contributed by atoms with Crippen molar-refractivity contribution in [2.24, 2.45) is 0 Å². The van der Waals surface area contributed by atoms with Crippen LogP contribution >= 0.6 is 0 Å². The number of carbonyl (C=O) groups is 1. The molecule has 0 aromatic heterocycles. The largest absolute Gasteiger partial charge is 0.479 e. The third-order valence-electron chi connectivity index (χ3n) is 2.32. The molecule has 0 saturated heterocycles. The minimum Gasteiger partial charge on any atom is -0.479 e. The zero-order chi connectivity index (χ0) is 12.1. The van der Waals surface area contributed by atoms with Gasteiger partial charge in [-0.15, -0.1) is 0 Å². The lowest BCUT2D eigenvalue weighted by Gasteiger charge is -2.16. The number of para-hydroxylation sites is 1. The van der Waals surface area contributed by atoms with Gasteiger partial charge in [-0.2, -0.15) is 0 Å². The summed E-state index contributed by atoms with van der Waals surface area (Å²) in [6.45, 7) is 3.31. The summed E-state index contributed by atoms with van der Waals surface area (Å²) in [5.41, 5.74) is 0.623. The molecular weight excluding hydrogens is 208 g/mol. The van der Waals surface area contributed by atoms with E-state index in [4.69, 9.17) is 9.84 Å². The van der Waals surface area contributed by atoms with E-state index in [1.807, 2.05) is 6.92 Å². The molecule has 4 heteroatoms.